The van der Waals surface area contributed by atoms with Gasteiger partial charge in [-0.25, -0.2) is 0 Å². The van der Waals surface area contributed by atoms with Gasteiger partial charge in [-0.15, -0.1) is 0 Å². The van der Waals surface area contributed by atoms with E-state index in [-0.39, 0.29) is 18.0 Å². The van der Waals surface area contributed by atoms with Crippen molar-refractivity contribution in [3.05, 3.63) is 0 Å². The molecule has 1 heterocycles. The zero-order valence-electron chi connectivity index (χ0n) is 8.45. The predicted molar refractivity (Wildman–Crippen MR) is 50.2 cm³/mol. The van der Waals surface area contributed by atoms with E-state index in [1.807, 2.05) is 6.92 Å². The van der Waals surface area contributed by atoms with Crippen molar-refractivity contribution in [2.45, 2.75) is 45.6 Å². The first-order chi connectivity index (χ1) is 6.15. The van der Waals surface area contributed by atoms with Gasteiger partial charge in [-0.3, -0.25) is 4.79 Å². The Kier molecular flexibility index (Phi) is 2.31. The number of ether oxygens (including phenoxy) is 1. The topological polar surface area (TPSA) is 26.3 Å². The van der Waals surface area contributed by atoms with Crippen LogP contribution in [0.1, 0.15) is 39.5 Å². The summed E-state index contributed by atoms with van der Waals surface area (Å²) in [6.07, 6.45) is 4.75. The SMILES string of the molecule is CC1CC2CC(C1)OC(=O)C(C)C2. The quantitative estimate of drug-likeness (QED) is 0.538. The molecule has 0 aromatic rings. The number of fused-ring (bicyclic) bond motifs is 2. The average molecular weight is 182 g/mol. The molecule has 4 atom stereocenters. The highest BCUT2D eigenvalue weighted by atomic mass is 16.5. The van der Waals surface area contributed by atoms with Gasteiger partial charge in [-0.2, -0.15) is 0 Å². The summed E-state index contributed by atoms with van der Waals surface area (Å²) in [5.74, 6) is 1.62. The molecule has 0 spiro atoms. The van der Waals surface area contributed by atoms with Gasteiger partial charge >= 0.3 is 5.97 Å². The second-order valence-corrected chi connectivity index (χ2v) is 4.87. The molecule has 2 aliphatic rings. The monoisotopic (exact) mass is 182 g/mol. The van der Waals surface area contributed by atoms with E-state index in [1.54, 1.807) is 0 Å². The molecule has 2 bridgehead atoms. The molecule has 1 aliphatic heterocycles. The van der Waals surface area contributed by atoms with Gasteiger partial charge in [0.2, 0.25) is 0 Å². The van der Waals surface area contributed by atoms with Crippen LogP contribution in [0.3, 0.4) is 0 Å². The van der Waals surface area contributed by atoms with E-state index in [9.17, 15) is 4.79 Å². The molecular weight excluding hydrogens is 164 g/mol. The van der Waals surface area contributed by atoms with Crippen molar-refractivity contribution in [1.82, 2.24) is 0 Å². The van der Waals surface area contributed by atoms with E-state index in [2.05, 4.69) is 6.92 Å². The van der Waals surface area contributed by atoms with Crippen LogP contribution >= 0.6 is 0 Å². The molecule has 0 aromatic carbocycles. The summed E-state index contributed by atoms with van der Waals surface area (Å²) in [5.41, 5.74) is 0. The third-order valence-corrected chi connectivity index (χ3v) is 3.37. The first-order valence-corrected chi connectivity index (χ1v) is 5.35. The molecule has 2 heteroatoms. The van der Waals surface area contributed by atoms with Crippen molar-refractivity contribution in [2.24, 2.45) is 17.8 Å². The highest BCUT2D eigenvalue weighted by Crippen LogP contribution is 2.37. The first kappa shape index (κ1) is 9.04. The average Bonchev–Trinajstić information content (AvgIpc) is 2.09. The van der Waals surface area contributed by atoms with Gasteiger partial charge in [0, 0.05) is 0 Å². The second kappa shape index (κ2) is 3.32. The molecule has 0 radical (unpaired) electrons. The third kappa shape index (κ3) is 1.87. The Balaban J connectivity index is 2.10. The maximum absolute atomic E-state index is 11.4. The van der Waals surface area contributed by atoms with Crippen LogP contribution in [-0.2, 0) is 9.53 Å². The zero-order chi connectivity index (χ0) is 9.42. The lowest BCUT2D eigenvalue weighted by atomic mass is 9.78. The van der Waals surface area contributed by atoms with Gasteiger partial charge in [0.15, 0.2) is 0 Å². The predicted octanol–water partition coefficient (Wildman–Crippen LogP) is 2.37. The van der Waals surface area contributed by atoms with Gasteiger partial charge < -0.3 is 4.74 Å². The summed E-state index contributed by atoms with van der Waals surface area (Å²) >= 11 is 0. The molecule has 74 valence electrons. The third-order valence-electron chi connectivity index (χ3n) is 3.37. The van der Waals surface area contributed by atoms with Crippen molar-refractivity contribution in [3.8, 4) is 0 Å². The number of hydrogen-bond acceptors (Lipinski definition) is 2. The van der Waals surface area contributed by atoms with Crippen molar-refractivity contribution < 1.29 is 9.53 Å². The van der Waals surface area contributed by atoms with Crippen LogP contribution in [0.25, 0.3) is 0 Å². The fourth-order valence-electron chi connectivity index (χ4n) is 2.84. The molecule has 1 saturated heterocycles. The summed E-state index contributed by atoms with van der Waals surface area (Å²) in [4.78, 5) is 11.4. The molecule has 13 heavy (non-hydrogen) atoms. The summed E-state index contributed by atoms with van der Waals surface area (Å²) in [6.45, 7) is 4.26. The maximum atomic E-state index is 11.4. The van der Waals surface area contributed by atoms with Crippen LogP contribution in [0.4, 0.5) is 0 Å². The van der Waals surface area contributed by atoms with E-state index in [0.29, 0.717) is 0 Å². The Bertz CT molecular complexity index is 212. The van der Waals surface area contributed by atoms with Crippen LogP contribution in [0.5, 0.6) is 0 Å². The van der Waals surface area contributed by atoms with Gasteiger partial charge in [0.25, 0.3) is 0 Å². The number of hydrogen-bond donors (Lipinski definition) is 0. The Morgan fingerprint density at radius 2 is 1.92 bits per heavy atom. The highest BCUT2D eigenvalue weighted by Gasteiger charge is 2.35. The van der Waals surface area contributed by atoms with Crippen molar-refractivity contribution in [1.29, 1.82) is 0 Å². The van der Waals surface area contributed by atoms with Crippen LogP contribution in [0.2, 0.25) is 0 Å². The molecule has 1 saturated carbocycles. The van der Waals surface area contributed by atoms with Crippen molar-refractivity contribution in [2.75, 3.05) is 0 Å². The van der Waals surface area contributed by atoms with Gasteiger partial charge in [-0.05, 0) is 37.5 Å². The van der Waals surface area contributed by atoms with Crippen molar-refractivity contribution in [3.63, 3.8) is 0 Å². The lowest BCUT2D eigenvalue weighted by Gasteiger charge is -2.29. The molecule has 0 N–H and O–H groups in total. The number of carbonyl (C=O) groups is 1. The number of carbonyl (C=O) groups excluding carboxylic acids is 1. The number of rotatable bonds is 0. The summed E-state index contributed by atoms with van der Waals surface area (Å²) < 4.78 is 5.43. The summed E-state index contributed by atoms with van der Waals surface area (Å²) in [5, 5.41) is 0. The molecule has 2 rings (SSSR count). The summed E-state index contributed by atoms with van der Waals surface area (Å²) in [6, 6.07) is 0. The molecule has 4 unspecified atom stereocenters. The Labute approximate surface area is 79.7 Å². The van der Waals surface area contributed by atoms with Crippen molar-refractivity contribution >= 4 is 5.97 Å². The first-order valence-electron chi connectivity index (χ1n) is 5.35. The fraction of sp³-hybridized carbons (Fsp3) is 0.909. The van der Waals surface area contributed by atoms with E-state index in [1.165, 1.54) is 6.42 Å². The van der Waals surface area contributed by atoms with Crippen LogP contribution < -0.4 is 0 Å². The van der Waals surface area contributed by atoms with Crippen LogP contribution in [0.15, 0.2) is 0 Å². The normalized spacial score (nSPS) is 45.2. The molecule has 2 nitrogen and oxygen atoms in total. The minimum Gasteiger partial charge on any atom is -0.462 e. The van der Waals surface area contributed by atoms with E-state index < -0.39 is 0 Å². The van der Waals surface area contributed by atoms with Gasteiger partial charge in [0.05, 0.1) is 5.92 Å². The molecule has 2 fully saturated rings. The lowest BCUT2D eigenvalue weighted by Crippen LogP contribution is -2.25. The summed E-state index contributed by atoms with van der Waals surface area (Å²) in [7, 11) is 0. The number of esters is 1. The van der Waals surface area contributed by atoms with Gasteiger partial charge in [-0.1, -0.05) is 13.8 Å². The Hall–Kier alpha value is -0.530. The van der Waals surface area contributed by atoms with Crippen LogP contribution in [-0.4, -0.2) is 12.1 Å². The standard InChI is InChI=1S/C11H18O2/c1-7-3-9-5-8(2)11(12)13-10(4-7)6-9/h7-10H,3-6H2,1-2H3. The smallest absolute Gasteiger partial charge is 0.308 e. The molecular formula is C11H18O2. The Morgan fingerprint density at radius 1 is 1.15 bits per heavy atom. The van der Waals surface area contributed by atoms with Crippen LogP contribution in [0, 0.1) is 17.8 Å². The van der Waals surface area contributed by atoms with Gasteiger partial charge in [0.1, 0.15) is 6.10 Å². The fourth-order valence-corrected chi connectivity index (χ4v) is 2.84. The maximum Gasteiger partial charge on any atom is 0.308 e. The minimum atomic E-state index is 0.0293. The van der Waals surface area contributed by atoms with E-state index in [4.69, 9.17) is 4.74 Å². The molecule has 0 amide bonds. The molecule has 1 aliphatic carbocycles. The van der Waals surface area contributed by atoms with E-state index in [0.717, 1.165) is 31.1 Å². The Morgan fingerprint density at radius 3 is 2.69 bits per heavy atom. The highest BCUT2D eigenvalue weighted by molar-refractivity contribution is 5.72. The second-order valence-electron chi connectivity index (χ2n) is 4.87. The zero-order valence-corrected chi connectivity index (χ0v) is 8.45. The lowest BCUT2D eigenvalue weighted by molar-refractivity contribution is -0.153. The largest absolute Gasteiger partial charge is 0.462 e. The van der Waals surface area contributed by atoms with E-state index >= 15 is 0 Å². The molecule has 0 aromatic heterocycles. The minimum absolute atomic E-state index is 0.0293.